The van der Waals surface area contributed by atoms with Crippen LogP contribution in [0.25, 0.3) is 0 Å². The Labute approximate surface area is 127 Å². The Morgan fingerprint density at radius 2 is 1.06 bits per heavy atom. The van der Waals surface area contributed by atoms with E-state index in [4.69, 9.17) is 4.41 Å². The molecule has 0 aromatic rings. The van der Waals surface area contributed by atoms with E-state index in [1.54, 1.807) is 0 Å². The molecule has 0 N–H and O–H groups in total. The van der Waals surface area contributed by atoms with Gasteiger partial charge in [-0.25, -0.2) is 0 Å². The van der Waals surface area contributed by atoms with Crippen LogP contribution in [0.4, 0.5) is 0 Å². The lowest BCUT2D eigenvalue weighted by molar-refractivity contribution is 0.987. The second kappa shape index (κ2) is 5.66. The van der Waals surface area contributed by atoms with Crippen LogP contribution in [0.3, 0.4) is 0 Å². The fourth-order valence-electron chi connectivity index (χ4n) is 2.13. The summed E-state index contributed by atoms with van der Waals surface area (Å²) >= 11 is 7.89. The normalized spacial score (nSPS) is 15.3. The molecule has 0 aromatic heterocycles. The minimum absolute atomic E-state index is 1.38. The van der Waals surface area contributed by atoms with Gasteiger partial charge < -0.3 is 4.41 Å². The van der Waals surface area contributed by atoms with Crippen LogP contribution in [-0.2, 0) is 0 Å². The first kappa shape index (κ1) is 18.8. The Kier molecular flexibility index (Phi) is 6.26. The van der Waals surface area contributed by atoms with E-state index in [-0.39, 0.29) is 0 Å². The lowest BCUT2D eigenvalue weighted by atomic mass is 11.8. The van der Waals surface area contributed by atoms with Crippen molar-refractivity contribution in [3.05, 3.63) is 0 Å². The van der Waals surface area contributed by atoms with Gasteiger partial charge in [-0.15, -0.1) is 0 Å². The maximum Gasteiger partial charge on any atom is 0.174 e. The van der Waals surface area contributed by atoms with Crippen LogP contribution in [0.5, 0.6) is 0 Å². The average molecular weight is 438 g/mol. The van der Waals surface area contributed by atoms with Crippen molar-refractivity contribution in [1.29, 1.82) is 0 Å². The number of rotatable bonds is 4. The van der Waals surface area contributed by atoms with Crippen molar-refractivity contribution in [3.8, 4) is 0 Å². The van der Waals surface area contributed by atoms with Crippen LogP contribution >= 0.6 is 35.6 Å². The number of hydrogen-bond donors (Lipinski definition) is 0. The van der Waals surface area contributed by atoms with E-state index in [1.165, 1.54) is 0 Å². The van der Waals surface area contributed by atoms with Gasteiger partial charge in [0, 0.05) is 0 Å². The highest BCUT2D eigenvalue weighted by molar-refractivity contribution is 9.70. The predicted octanol–water partition coefficient (Wildman–Crippen LogP) is 6.53. The molecule has 0 aliphatic heterocycles. The molecule has 0 heterocycles. The molecule has 0 aliphatic carbocycles. The van der Waals surface area contributed by atoms with Gasteiger partial charge in [-0.2, -0.15) is 0 Å². The monoisotopic (exact) mass is 436 g/mol. The molecule has 0 saturated carbocycles. The van der Waals surface area contributed by atoms with Gasteiger partial charge in [-0.1, -0.05) is 39.3 Å². The van der Waals surface area contributed by atoms with Gasteiger partial charge >= 0.3 is 0 Å². The van der Waals surface area contributed by atoms with Crippen LogP contribution in [0.2, 0.25) is 58.9 Å². The third-order valence-corrected chi connectivity index (χ3v) is 26.0. The van der Waals surface area contributed by atoms with E-state index in [9.17, 15) is 0 Å². The van der Waals surface area contributed by atoms with Gasteiger partial charge in [0.05, 0.1) is 0 Å². The van der Waals surface area contributed by atoms with Crippen molar-refractivity contribution < 1.29 is 0 Å². The van der Waals surface area contributed by atoms with Crippen molar-refractivity contribution in [3.63, 3.8) is 0 Å². The van der Waals surface area contributed by atoms with Gasteiger partial charge in [0.15, 0.2) is 8.24 Å². The molecule has 17 heavy (non-hydrogen) atoms. The van der Waals surface area contributed by atoms with Gasteiger partial charge in [0.1, 0.15) is 21.1 Å². The van der Waals surface area contributed by atoms with E-state index < -0.39 is 29.3 Å². The van der Waals surface area contributed by atoms with Crippen molar-refractivity contribution in [2.75, 3.05) is 0 Å². The fourth-order valence-corrected chi connectivity index (χ4v) is 45.7. The Morgan fingerprint density at radius 1 is 0.765 bits per heavy atom. The molecular formula is C9H27Br2N2PSi3. The van der Waals surface area contributed by atoms with Gasteiger partial charge in [0.25, 0.3) is 0 Å². The summed E-state index contributed by atoms with van der Waals surface area (Å²) in [5.74, 6) is 0. The summed E-state index contributed by atoms with van der Waals surface area (Å²) in [6, 6.07) is 0. The molecule has 0 unspecified atom stereocenters. The van der Waals surface area contributed by atoms with Gasteiger partial charge in [-0.05, 0) is 50.6 Å². The lowest BCUT2D eigenvalue weighted by Crippen LogP contribution is -2.55. The maximum absolute atomic E-state index is 5.15. The molecule has 2 nitrogen and oxygen atoms in total. The zero-order valence-electron chi connectivity index (χ0n) is 12.6. The summed E-state index contributed by atoms with van der Waals surface area (Å²) in [4.78, 5) is 0. The Morgan fingerprint density at radius 3 is 1.24 bits per heavy atom. The second-order valence-corrected chi connectivity index (χ2v) is 33.4. The molecule has 0 rings (SSSR count). The lowest BCUT2D eigenvalue weighted by Gasteiger charge is -2.47. The molecule has 0 spiro atoms. The molecule has 0 bridgehead atoms. The van der Waals surface area contributed by atoms with Crippen LogP contribution in [0, 0.1) is 0 Å². The smallest absolute Gasteiger partial charge is 0.174 e. The van der Waals surface area contributed by atoms with Crippen LogP contribution in [0.1, 0.15) is 0 Å². The highest BCUT2D eigenvalue weighted by Gasteiger charge is 2.42. The molecule has 104 valence electrons. The SMILES string of the molecule is C[Si](C)(C)N=P(Br)(Br)N([Si](C)(C)C)[Si](C)(C)C. The highest BCUT2D eigenvalue weighted by Crippen LogP contribution is 2.71. The van der Waals surface area contributed by atoms with Crippen molar-refractivity contribution >= 4 is 60.3 Å². The molecule has 0 aromatic carbocycles. The topological polar surface area (TPSA) is 15.6 Å². The summed E-state index contributed by atoms with van der Waals surface area (Å²) in [6.07, 6.45) is 0. The van der Waals surface area contributed by atoms with Crippen LogP contribution < -0.4 is 0 Å². The zero-order chi connectivity index (χ0) is 14.3. The van der Waals surface area contributed by atoms with Gasteiger partial charge in [-0.3, -0.25) is 4.00 Å². The molecule has 0 radical (unpaired) electrons. The van der Waals surface area contributed by atoms with E-state index in [1.807, 2.05) is 0 Å². The first-order chi connectivity index (χ1) is 7.07. The Balaban J connectivity index is 5.74. The first-order valence-electron chi connectivity index (χ1n) is 5.91. The third-order valence-electron chi connectivity index (χ3n) is 1.93. The minimum Gasteiger partial charge on any atom is -0.308 e. The quantitative estimate of drug-likeness (QED) is 0.360. The summed E-state index contributed by atoms with van der Waals surface area (Å²) in [6.45, 7) is 21.4. The van der Waals surface area contributed by atoms with Crippen LogP contribution in [0.15, 0.2) is 4.41 Å². The molecule has 0 fully saturated rings. The minimum atomic E-state index is -1.65. The molecule has 0 aliphatic rings. The summed E-state index contributed by atoms with van der Waals surface area (Å²) < 4.78 is 6.26. The molecule has 0 saturated heterocycles. The Hall–Kier alpha value is 1.80. The van der Waals surface area contributed by atoms with E-state index in [0.29, 0.717) is 0 Å². The second-order valence-electron chi connectivity index (χ2n) is 7.38. The molecule has 8 heteroatoms. The maximum atomic E-state index is 5.15. The third kappa shape index (κ3) is 6.68. The molecule has 0 atom stereocenters. The molecular weight excluding hydrogens is 411 g/mol. The van der Waals surface area contributed by atoms with Gasteiger partial charge in [0.2, 0.25) is 0 Å². The number of hydrogen-bond acceptors (Lipinski definition) is 1. The van der Waals surface area contributed by atoms with Crippen molar-refractivity contribution in [1.82, 2.24) is 4.00 Å². The predicted molar refractivity (Wildman–Crippen MR) is 99.1 cm³/mol. The van der Waals surface area contributed by atoms with E-state index in [0.717, 1.165) is 0 Å². The zero-order valence-corrected chi connectivity index (χ0v) is 19.7. The van der Waals surface area contributed by atoms with Crippen molar-refractivity contribution in [2.45, 2.75) is 58.9 Å². The van der Waals surface area contributed by atoms with E-state index in [2.05, 4.69) is 93.9 Å². The van der Waals surface area contributed by atoms with Crippen LogP contribution in [-0.4, -0.2) is 28.7 Å². The summed E-state index contributed by atoms with van der Waals surface area (Å²) in [7, 11) is -4.19. The van der Waals surface area contributed by atoms with E-state index >= 15 is 0 Å². The number of nitrogens with zero attached hydrogens (tertiary/aromatic N) is 2. The van der Waals surface area contributed by atoms with Crippen molar-refractivity contribution in [2.24, 2.45) is 4.41 Å². The number of halogens is 2. The Bertz CT molecular complexity index is 309. The fraction of sp³-hybridized carbons (Fsp3) is 1.00. The molecule has 0 amide bonds. The average Bonchev–Trinajstić information content (AvgIpc) is 1.66. The summed E-state index contributed by atoms with van der Waals surface area (Å²) in [5, 5.41) is 0. The standard InChI is InChI=1S/C9H27Br2N2PSi3/c1-15(2,3)12-14(10,11)13(16(4,5)6)17(7,8)9/h1-9H3. The highest BCUT2D eigenvalue weighted by atomic mass is 79.9. The largest absolute Gasteiger partial charge is 0.308 e. The first-order valence-corrected chi connectivity index (χ1v) is 22.0. The summed E-state index contributed by atoms with van der Waals surface area (Å²) in [5.41, 5.74) is 0.